The van der Waals surface area contributed by atoms with Crippen molar-refractivity contribution in [3.8, 4) is 0 Å². The van der Waals surface area contributed by atoms with E-state index in [4.69, 9.17) is 5.11 Å². The molecule has 1 heterocycles. The monoisotopic (exact) mass is 222 g/mol. The lowest BCUT2D eigenvalue weighted by Crippen LogP contribution is -2.28. The van der Waals surface area contributed by atoms with Crippen LogP contribution in [0, 0.1) is 12.8 Å². The number of aryl methyl sites for hydroxylation is 1. The molecule has 1 N–H and O–H groups in total. The summed E-state index contributed by atoms with van der Waals surface area (Å²) in [4.78, 5) is 40.7. The Morgan fingerprint density at radius 2 is 1.88 bits per heavy atom. The molecule has 0 amide bonds. The molecule has 0 spiro atoms. The number of nitrogens with zero attached hydrogens (tertiary/aromatic N) is 2. The summed E-state index contributed by atoms with van der Waals surface area (Å²) in [5.41, 5.74) is 0.626. The average molecular weight is 222 g/mol. The van der Waals surface area contributed by atoms with Gasteiger partial charge in [0.15, 0.2) is 5.78 Å². The summed E-state index contributed by atoms with van der Waals surface area (Å²) >= 11 is 0. The predicted octanol–water partition coefficient (Wildman–Crippen LogP) is 0.258. The topological polar surface area (TPSA) is 97.2 Å². The van der Waals surface area contributed by atoms with Gasteiger partial charge in [-0.05, 0) is 13.8 Å². The molecule has 1 unspecified atom stereocenters. The molecule has 0 aliphatic heterocycles. The lowest BCUT2D eigenvalue weighted by molar-refractivity contribution is -0.150. The Kier molecular flexibility index (Phi) is 3.44. The minimum Gasteiger partial charge on any atom is -0.475 e. The number of carbonyl (C=O) groups excluding carboxylic acids is 2. The van der Waals surface area contributed by atoms with Crippen LogP contribution in [0.3, 0.4) is 0 Å². The molecule has 1 atom stereocenters. The van der Waals surface area contributed by atoms with Gasteiger partial charge in [-0.3, -0.25) is 14.6 Å². The molecule has 0 saturated carbocycles. The van der Waals surface area contributed by atoms with E-state index in [0.717, 1.165) is 0 Å². The van der Waals surface area contributed by atoms with E-state index in [-0.39, 0.29) is 5.69 Å². The quantitative estimate of drug-likeness (QED) is 0.445. The van der Waals surface area contributed by atoms with Gasteiger partial charge in [-0.1, -0.05) is 0 Å². The van der Waals surface area contributed by atoms with Crippen LogP contribution >= 0.6 is 0 Å². The Labute approximate surface area is 91.3 Å². The first kappa shape index (κ1) is 12.0. The molecule has 0 saturated heterocycles. The first-order valence-corrected chi connectivity index (χ1v) is 4.53. The Morgan fingerprint density at radius 3 is 2.31 bits per heavy atom. The number of rotatable bonds is 4. The Bertz CT molecular complexity index is 439. The normalized spacial score (nSPS) is 11.9. The number of hydrogen-bond donors (Lipinski definition) is 1. The number of hydrogen-bond acceptors (Lipinski definition) is 5. The maximum Gasteiger partial charge on any atom is 0.372 e. The van der Waals surface area contributed by atoms with E-state index in [1.807, 2.05) is 0 Å². The SMILES string of the molecule is Cc1cnc(C(=O)C(C)C(=O)C(=O)O)cn1. The highest BCUT2D eigenvalue weighted by atomic mass is 16.4. The highest BCUT2D eigenvalue weighted by Crippen LogP contribution is 2.07. The minimum absolute atomic E-state index is 0.00676. The second kappa shape index (κ2) is 4.61. The van der Waals surface area contributed by atoms with Gasteiger partial charge in [0.1, 0.15) is 5.69 Å². The van der Waals surface area contributed by atoms with Gasteiger partial charge in [-0.15, -0.1) is 0 Å². The van der Waals surface area contributed by atoms with Crippen molar-refractivity contribution in [3.63, 3.8) is 0 Å². The number of aliphatic carboxylic acids is 1. The molecule has 0 aliphatic carbocycles. The number of ketones is 2. The zero-order chi connectivity index (χ0) is 12.3. The van der Waals surface area contributed by atoms with Crippen molar-refractivity contribution in [2.45, 2.75) is 13.8 Å². The van der Waals surface area contributed by atoms with Crippen LogP contribution < -0.4 is 0 Å². The number of carboxylic acid groups (broad SMARTS) is 1. The standard InChI is InChI=1S/C10H10N2O4/c1-5-3-12-7(4-11-5)8(13)6(2)9(14)10(15)16/h3-4,6H,1-2H3,(H,15,16). The summed E-state index contributed by atoms with van der Waals surface area (Å²) in [5.74, 6) is -4.65. The van der Waals surface area contributed by atoms with E-state index < -0.39 is 23.5 Å². The third kappa shape index (κ3) is 2.47. The molecule has 0 radical (unpaired) electrons. The smallest absolute Gasteiger partial charge is 0.372 e. The molecule has 1 aromatic rings. The molecule has 1 aromatic heterocycles. The van der Waals surface area contributed by atoms with Crippen LogP contribution in [-0.2, 0) is 9.59 Å². The van der Waals surface area contributed by atoms with Crippen LogP contribution in [0.2, 0.25) is 0 Å². The molecule has 0 bridgehead atoms. The maximum atomic E-state index is 11.6. The van der Waals surface area contributed by atoms with Gasteiger partial charge in [0.25, 0.3) is 0 Å². The van der Waals surface area contributed by atoms with Gasteiger partial charge >= 0.3 is 5.97 Å². The third-order valence-electron chi connectivity index (χ3n) is 2.03. The molecular formula is C10H10N2O4. The Balaban J connectivity index is 2.90. The van der Waals surface area contributed by atoms with E-state index in [1.165, 1.54) is 19.3 Å². The first-order valence-electron chi connectivity index (χ1n) is 4.53. The molecule has 84 valence electrons. The van der Waals surface area contributed by atoms with E-state index in [1.54, 1.807) is 6.92 Å². The van der Waals surface area contributed by atoms with Crippen LogP contribution in [0.25, 0.3) is 0 Å². The van der Waals surface area contributed by atoms with Crippen LogP contribution in [0.4, 0.5) is 0 Å². The van der Waals surface area contributed by atoms with E-state index in [9.17, 15) is 14.4 Å². The fourth-order valence-electron chi connectivity index (χ4n) is 1.05. The van der Waals surface area contributed by atoms with Crippen molar-refractivity contribution >= 4 is 17.5 Å². The van der Waals surface area contributed by atoms with Gasteiger partial charge in [0, 0.05) is 6.20 Å². The van der Waals surface area contributed by atoms with Gasteiger partial charge < -0.3 is 5.11 Å². The fraction of sp³-hybridized carbons (Fsp3) is 0.300. The van der Waals surface area contributed by atoms with Gasteiger partial charge in [0.05, 0.1) is 17.8 Å². The molecule has 16 heavy (non-hydrogen) atoms. The van der Waals surface area contributed by atoms with Crippen molar-refractivity contribution in [2.24, 2.45) is 5.92 Å². The molecule has 0 fully saturated rings. The van der Waals surface area contributed by atoms with E-state index in [2.05, 4.69) is 9.97 Å². The Morgan fingerprint density at radius 1 is 1.25 bits per heavy atom. The summed E-state index contributed by atoms with van der Waals surface area (Å²) in [7, 11) is 0. The summed E-state index contributed by atoms with van der Waals surface area (Å²) in [6.07, 6.45) is 2.61. The van der Waals surface area contributed by atoms with E-state index in [0.29, 0.717) is 5.69 Å². The summed E-state index contributed by atoms with van der Waals surface area (Å²) < 4.78 is 0. The van der Waals surface area contributed by atoms with Crippen LogP contribution in [0.1, 0.15) is 23.1 Å². The number of aromatic nitrogens is 2. The number of Topliss-reactive ketones (excluding diaryl/α,β-unsaturated/α-hetero) is 2. The van der Waals surface area contributed by atoms with Gasteiger partial charge in [0.2, 0.25) is 5.78 Å². The summed E-state index contributed by atoms with van der Waals surface area (Å²) in [6, 6.07) is 0. The highest BCUT2D eigenvalue weighted by Gasteiger charge is 2.28. The van der Waals surface area contributed by atoms with Crippen LogP contribution in [-0.4, -0.2) is 32.6 Å². The predicted molar refractivity (Wildman–Crippen MR) is 52.9 cm³/mol. The fourth-order valence-corrected chi connectivity index (χ4v) is 1.05. The molecule has 6 heteroatoms. The lowest BCUT2D eigenvalue weighted by Gasteiger charge is -2.05. The zero-order valence-corrected chi connectivity index (χ0v) is 8.80. The van der Waals surface area contributed by atoms with Crippen LogP contribution in [0.15, 0.2) is 12.4 Å². The van der Waals surface area contributed by atoms with Crippen LogP contribution in [0.5, 0.6) is 0 Å². The minimum atomic E-state index is -1.62. The molecule has 0 aliphatic rings. The molecule has 6 nitrogen and oxygen atoms in total. The summed E-state index contributed by atoms with van der Waals surface area (Å²) in [5, 5.41) is 8.45. The summed E-state index contributed by atoms with van der Waals surface area (Å²) in [6.45, 7) is 2.94. The average Bonchev–Trinajstić information content (AvgIpc) is 2.27. The molecule has 0 aromatic carbocycles. The largest absolute Gasteiger partial charge is 0.475 e. The van der Waals surface area contributed by atoms with Gasteiger partial charge in [-0.25, -0.2) is 9.78 Å². The molecular weight excluding hydrogens is 212 g/mol. The van der Waals surface area contributed by atoms with Crippen molar-refractivity contribution in [2.75, 3.05) is 0 Å². The maximum absolute atomic E-state index is 11.6. The van der Waals surface area contributed by atoms with Crippen molar-refractivity contribution < 1.29 is 19.5 Å². The van der Waals surface area contributed by atoms with Crippen molar-refractivity contribution in [1.29, 1.82) is 0 Å². The van der Waals surface area contributed by atoms with Crippen molar-refractivity contribution in [3.05, 3.63) is 23.8 Å². The molecule has 1 rings (SSSR count). The van der Waals surface area contributed by atoms with Gasteiger partial charge in [-0.2, -0.15) is 0 Å². The second-order valence-electron chi connectivity index (χ2n) is 3.30. The number of carboxylic acids is 1. The third-order valence-corrected chi connectivity index (χ3v) is 2.03. The lowest BCUT2D eigenvalue weighted by atomic mass is 9.99. The van der Waals surface area contributed by atoms with E-state index >= 15 is 0 Å². The zero-order valence-electron chi connectivity index (χ0n) is 8.80. The Hall–Kier alpha value is -2.11. The number of carbonyl (C=O) groups is 3. The van der Waals surface area contributed by atoms with Crippen molar-refractivity contribution in [1.82, 2.24) is 9.97 Å². The highest BCUT2D eigenvalue weighted by molar-refractivity contribution is 6.38. The first-order chi connectivity index (χ1) is 7.43. The second-order valence-corrected chi connectivity index (χ2v) is 3.30.